The van der Waals surface area contributed by atoms with Crippen LogP contribution in [0.1, 0.15) is 21.6 Å². The first-order valence-electron chi connectivity index (χ1n) is 7.80. The molecule has 3 rings (SSSR count). The molecule has 0 radical (unpaired) electrons. The zero-order chi connectivity index (χ0) is 17.6. The van der Waals surface area contributed by atoms with Gasteiger partial charge in [-0.25, -0.2) is 0 Å². The van der Waals surface area contributed by atoms with Gasteiger partial charge in [0.25, 0.3) is 5.91 Å². The Morgan fingerprint density at radius 1 is 0.960 bits per heavy atom. The van der Waals surface area contributed by atoms with E-state index < -0.39 is 0 Å². The normalized spacial score (nSPS) is 10.3. The van der Waals surface area contributed by atoms with E-state index >= 15 is 0 Å². The van der Waals surface area contributed by atoms with E-state index in [1.807, 2.05) is 43.3 Å². The van der Waals surface area contributed by atoms with Crippen molar-refractivity contribution in [3.63, 3.8) is 0 Å². The minimum absolute atomic E-state index is 0.258. The van der Waals surface area contributed by atoms with E-state index in [0.29, 0.717) is 17.4 Å². The van der Waals surface area contributed by atoms with Gasteiger partial charge in [-0.15, -0.1) is 10.2 Å². The van der Waals surface area contributed by atoms with Gasteiger partial charge in [0, 0.05) is 17.3 Å². The monoisotopic (exact) mass is 352 g/mol. The summed E-state index contributed by atoms with van der Waals surface area (Å²) in [5.74, 6) is 0.295. The highest BCUT2D eigenvalue weighted by Gasteiger charge is 2.08. The molecule has 25 heavy (non-hydrogen) atoms. The fourth-order valence-electron chi connectivity index (χ4n) is 2.18. The van der Waals surface area contributed by atoms with Gasteiger partial charge >= 0.3 is 0 Å². The summed E-state index contributed by atoms with van der Waals surface area (Å²) in [5.41, 5.74) is 3.33. The molecule has 3 aromatic rings. The summed E-state index contributed by atoms with van der Waals surface area (Å²) < 4.78 is 0. The second-order valence-corrected chi connectivity index (χ2v) is 6.04. The molecule has 0 saturated carbocycles. The third-order valence-electron chi connectivity index (χ3n) is 3.59. The molecule has 2 N–H and O–H groups in total. The molecule has 5 nitrogen and oxygen atoms in total. The highest BCUT2D eigenvalue weighted by Crippen LogP contribution is 2.17. The SMILES string of the molecule is Cc1ccc(CNC(=O)c2ccc(Nc3ccc(Cl)cc3)nn2)cc1. The summed E-state index contributed by atoms with van der Waals surface area (Å²) in [6, 6.07) is 18.6. The number of rotatable bonds is 5. The minimum Gasteiger partial charge on any atom is -0.347 e. The van der Waals surface area contributed by atoms with Crippen LogP contribution in [-0.4, -0.2) is 16.1 Å². The average Bonchev–Trinajstić information content (AvgIpc) is 2.63. The lowest BCUT2D eigenvalue weighted by Crippen LogP contribution is -2.24. The summed E-state index contributed by atoms with van der Waals surface area (Å²) in [7, 11) is 0. The van der Waals surface area contributed by atoms with Crippen LogP contribution in [0.4, 0.5) is 11.5 Å². The van der Waals surface area contributed by atoms with Crippen LogP contribution in [0.15, 0.2) is 60.7 Å². The molecule has 0 atom stereocenters. The van der Waals surface area contributed by atoms with E-state index in [1.54, 1.807) is 24.3 Å². The molecule has 6 heteroatoms. The van der Waals surface area contributed by atoms with Crippen LogP contribution in [0.25, 0.3) is 0 Å². The number of halogens is 1. The number of anilines is 2. The van der Waals surface area contributed by atoms with E-state index in [9.17, 15) is 4.79 Å². The van der Waals surface area contributed by atoms with Crippen LogP contribution >= 0.6 is 11.6 Å². The number of hydrogen-bond donors (Lipinski definition) is 2. The molecule has 0 aliphatic heterocycles. The van der Waals surface area contributed by atoms with E-state index in [1.165, 1.54) is 5.56 Å². The molecule has 0 aliphatic carbocycles. The van der Waals surface area contributed by atoms with Crippen molar-refractivity contribution in [2.24, 2.45) is 0 Å². The van der Waals surface area contributed by atoms with Gasteiger partial charge in [0.1, 0.15) is 0 Å². The summed E-state index contributed by atoms with van der Waals surface area (Å²) in [4.78, 5) is 12.1. The van der Waals surface area contributed by atoms with E-state index in [4.69, 9.17) is 11.6 Å². The number of aromatic nitrogens is 2. The minimum atomic E-state index is -0.258. The Hall–Kier alpha value is -2.92. The highest BCUT2D eigenvalue weighted by molar-refractivity contribution is 6.30. The van der Waals surface area contributed by atoms with Crippen LogP contribution in [-0.2, 0) is 6.54 Å². The Balaban J connectivity index is 1.58. The zero-order valence-electron chi connectivity index (χ0n) is 13.7. The molecule has 0 aliphatic rings. The van der Waals surface area contributed by atoms with Crippen molar-refractivity contribution in [3.05, 3.63) is 82.5 Å². The Labute approximate surface area is 151 Å². The molecule has 1 amide bonds. The first-order valence-corrected chi connectivity index (χ1v) is 8.18. The lowest BCUT2D eigenvalue weighted by Gasteiger charge is -2.07. The molecule has 1 heterocycles. The quantitative estimate of drug-likeness (QED) is 0.725. The van der Waals surface area contributed by atoms with Crippen molar-refractivity contribution in [2.75, 3.05) is 5.32 Å². The number of carbonyl (C=O) groups excluding carboxylic acids is 1. The maximum Gasteiger partial charge on any atom is 0.272 e. The maximum atomic E-state index is 12.1. The van der Waals surface area contributed by atoms with E-state index in [2.05, 4.69) is 20.8 Å². The molecule has 126 valence electrons. The van der Waals surface area contributed by atoms with Gasteiger partial charge in [0.15, 0.2) is 11.5 Å². The third-order valence-corrected chi connectivity index (χ3v) is 3.84. The van der Waals surface area contributed by atoms with Gasteiger partial charge in [-0.2, -0.15) is 0 Å². The van der Waals surface area contributed by atoms with Crippen molar-refractivity contribution < 1.29 is 4.79 Å². The van der Waals surface area contributed by atoms with Crippen LogP contribution in [0.2, 0.25) is 5.02 Å². The zero-order valence-corrected chi connectivity index (χ0v) is 14.4. The van der Waals surface area contributed by atoms with Crippen LogP contribution in [0.5, 0.6) is 0 Å². The lowest BCUT2D eigenvalue weighted by atomic mass is 10.1. The summed E-state index contributed by atoms with van der Waals surface area (Å²) in [6.07, 6.45) is 0. The maximum absolute atomic E-state index is 12.1. The fourth-order valence-corrected chi connectivity index (χ4v) is 2.31. The molecule has 1 aromatic heterocycles. The molecule has 0 fully saturated rings. The van der Waals surface area contributed by atoms with Gasteiger partial charge in [0.2, 0.25) is 0 Å². The number of amides is 1. The molecule has 0 saturated heterocycles. The van der Waals surface area contributed by atoms with Crippen LogP contribution < -0.4 is 10.6 Å². The third kappa shape index (κ3) is 4.78. The Morgan fingerprint density at radius 3 is 2.32 bits per heavy atom. The number of nitrogens with one attached hydrogen (secondary N) is 2. The van der Waals surface area contributed by atoms with Gasteiger partial charge < -0.3 is 10.6 Å². The second kappa shape index (κ2) is 7.77. The van der Waals surface area contributed by atoms with E-state index in [-0.39, 0.29) is 11.6 Å². The highest BCUT2D eigenvalue weighted by atomic mass is 35.5. The number of nitrogens with zero attached hydrogens (tertiary/aromatic N) is 2. The molecule has 0 bridgehead atoms. The first kappa shape index (κ1) is 16.9. The topological polar surface area (TPSA) is 66.9 Å². The smallest absolute Gasteiger partial charge is 0.272 e. The van der Waals surface area contributed by atoms with Crippen molar-refractivity contribution >= 4 is 29.0 Å². The predicted octanol–water partition coefficient (Wildman–Crippen LogP) is 4.11. The van der Waals surface area contributed by atoms with Gasteiger partial charge in [-0.3, -0.25) is 4.79 Å². The van der Waals surface area contributed by atoms with Crippen LogP contribution in [0.3, 0.4) is 0 Å². The number of aryl methyl sites for hydroxylation is 1. The summed E-state index contributed by atoms with van der Waals surface area (Å²) >= 11 is 5.85. The Kier molecular flexibility index (Phi) is 5.26. The largest absolute Gasteiger partial charge is 0.347 e. The number of carbonyl (C=O) groups is 1. The first-order chi connectivity index (χ1) is 12.1. The van der Waals surface area contributed by atoms with Crippen molar-refractivity contribution in [3.8, 4) is 0 Å². The van der Waals surface area contributed by atoms with Gasteiger partial charge in [-0.05, 0) is 48.9 Å². The predicted molar refractivity (Wildman–Crippen MR) is 99.1 cm³/mol. The average molecular weight is 353 g/mol. The molecular weight excluding hydrogens is 336 g/mol. The fraction of sp³-hybridized carbons (Fsp3) is 0.105. The van der Waals surface area contributed by atoms with Gasteiger partial charge in [-0.1, -0.05) is 41.4 Å². The number of benzene rings is 2. The summed E-state index contributed by atoms with van der Waals surface area (Å²) in [6.45, 7) is 2.48. The lowest BCUT2D eigenvalue weighted by molar-refractivity contribution is 0.0945. The standard InChI is InChI=1S/C19H17ClN4O/c1-13-2-4-14(5-3-13)12-21-19(25)17-10-11-18(24-23-17)22-16-8-6-15(20)7-9-16/h2-11H,12H2,1H3,(H,21,25)(H,22,24). The van der Waals surface area contributed by atoms with E-state index in [0.717, 1.165) is 11.3 Å². The second-order valence-electron chi connectivity index (χ2n) is 5.60. The molecule has 0 unspecified atom stereocenters. The van der Waals surface area contributed by atoms with Gasteiger partial charge in [0.05, 0.1) is 0 Å². The number of hydrogen-bond acceptors (Lipinski definition) is 4. The molecule has 2 aromatic carbocycles. The Bertz CT molecular complexity index is 846. The van der Waals surface area contributed by atoms with Crippen molar-refractivity contribution in [1.82, 2.24) is 15.5 Å². The van der Waals surface area contributed by atoms with Crippen molar-refractivity contribution in [2.45, 2.75) is 13.5 Å². The molecule has 0 spiro atoms. The molecular formula is C19H17ClN4O. The summed E-state index contributed by atoms with van der Waals surface area (Å²) in [5, 5.41) is 14.6. The Morgan fingerprint density at radius 2 is 1.68 bits per heavy atom. The van der Waals surface area contributed by atoms with Crippen LogP contribution in [0, 0.1) is 6.92 Å². The van der Waals surface area contributed by atoms with Crippen molar-refractivity contribution in [1.29, 1.82) is 0 Å².